The van der Waals surface area contributed by atoms with Crippen LogP contribution in [-0.2, 0) is 28.5 Å². The zero-order chi connectivity index (χ0) is 16.3. The number of esters is 1. The molecule has 0 aliphatic heterocycles. The molecular weight excluding hydrogens is 288 g/mol. The zero-order valence-electron chi connectivity index (χ0n) is 14.1. The van der Waals surface area contributed by atoms with Gasteiger partial charge in [-0.15, -0.1) is 0 Å². The second-order valence-electron chi connectivity index (χ2n) is 4.85. The number of carbonyl (C=O) groups is 1. The van der Waals surface area contributed by atoms with E-state index < -0.39 is 0 Å². The van der Waals surface area contributed by atoms with Gasteiger partial charge in [0, 0.05) is 13.5 Å². The summed E-state index contributed by atoms with van der Waals surface area (Å²) in [6.07, 6.45) is 4.91. The molecular formula is C16H32O6. The van der Waals surface area contributed by atoms with Crippen molar-refractivity contribution < 1.29 is 28.5 Å². The molecule has 0 unspecified atom stereocenters. The lowest BCUT2D eigenvalue weighted by Crippen LogP contribution is -2.13. The minimum Gasteiger partial charge on any atom is -0.463 e. The van der Waals surface area contributed by atoms with E-state index in [-0.39, 0.29) is 12.6 Å². The topological polar surface area (TPSA) is 63.2 Å². The summed E-state index contributed by atoms with van der Waals surface area (Å²) in [6.45, 7) is 8.44. The van der Waals surface area contributed by atoms with E-state index in [1.165, 1.54) is 26.2 Å². The summed E-state index contributed by atoms with van der Waals surface area (Å²) in [5, 5.41) is 0. The molecule has 0 bridgehead atoms. The Labute approximate surface area is 134 Å². The molecule has 0 aliphatic carbocycles. The van der Waals surface area contributed by atoms with Crippen LogP contribution >= 0.6 is 0 Å². The molecule has 6 nitrogen and oxygen atoms in total. The van der Waals surface area contributed by atoms with E-state index in [9.17, 15) is 4.79 Å². The fourth-order valence-electron chi connectivity index (χ4n) is 1.64. The van der Waals surface area contributed by atoms with Gasteiger partial charge >= 0.3 is 5.97 Å². The molecule has 0 spiro atoms. The number of unbranched alkanes of at least 4 members (excludes halogenated alkanes) is 3. The van der Waals surface area contributed by atoms with E-state index in [1.807, 2.05) is 0 Å². The van der Waals surface area contributed by atoms with Crippen molar-refractivity contribution in [2.45, 2.75) is 39.5 Å². The largest absolute Gasteiger partial charge is 0.463 e. The van der Waals surface area contributed by atoms with Gasteiger partial charge < -0.3 is 23.7 Å². The molecule has 0 fully saturated rings. The number of rotatable bonds is 17. The smallest absolute Gasteiger partial charge is 0.302 e. The molecule has 0 radical (unpaired) electrons. The third-order valence-corrected chi connectivity index (χ3v) is 2.79. The predicted molar refractivity (Wildman–Crippen MR) is 84.1 cm³/mol. The average molecular weight is 320 g/mol. The quantitative estimate of drug-likeness (QED) is 0.302. The van der Waals surface area contributed by atoms with E-state index in [1.54, 1.807) is 0 Å². The normalized spacial score (nSPS) is 10.8. The highest BCUT2D eigenvalue weighted by Gasteiger charge is 1.94. The lowest BCUT2D eigenvalue weighted by molar-refractivity contribution is -0.142. The van der Waals surface area contributed by atoms with Crippen LogP contribution in [0.3, 0.4) is 0 Å². The van der Waals surface area contributed by atoms with Crippen LogP contribution in [0.15, 0.2) is 0 Å². The molecule has 0 atom stereocenters. The maximum Gasteiger partial charge on any atom is 0.302 e. The minimum absolute atomic E-state index is 0.289. The Bertz CT molecular complexity index is 235. The van der Waals surface area contributed by atoms with Crippen LogP contribution in [0, 0.1) is 0 Å². The Balaban J connectivity index is 2.95. The molecule has 0 aromatic heterocycles. The van der Waals surface area contributed by atoms with Crippen molar-refractivity contribution in [1.29, 1.82) is 0 Å². The van der Waals surface area contributed by atoms with Crippen LogP contribution in [0.25, 0.3) is 0 Å². The van der Waals surface area contributed by atoms with E-state index in [4.69, 9.17) is 23.7 Å². The van der Waals surface area contributed by atoms with Crippen molar-refractivity contribution in [2.75, 3.05) is 59.5 Å². The molecule has 0 heterocycles. The summed E-state index contributed by atoms with van der Waals surface area (Å²) in [5.74, 6) is -0.290. The van der Waals surface area contributed by atoms with Crippen molar-refractivity contribution in [1.82, 2.24) is 0 Å². The third kappa shape index (κ3) is 19.3. The molecule has 0 aromatic carbocycles. The Morgan fingerprint density at radius 3 is 1.55 bits per heavy atom. The van der Waals surface area contributed by atoms with Crippen LogP contribution in [0.4, 0.5) is 0 Å². The lowest BCUT2D eigenvalue weighted by Gasteiger charge is -2.07. The molecule has 0 N–H and O–H groups in total. The highest BCUT2D eigenvalue weighted by Crippen LogP contribution is 1.98. The van der Waals surface area contributed by atoms with Crippen molar-refractivity contribution in [3.63, 3.8) is 0 Å². The third-order valence-electron chi connectivity index (χ3n) is 2.79. The van der Waals surface area contributed by atoms with Gasteiger partial charge in [0.15, 0.2) is 0 Å². The zero-order valence-corrected chi connectivity index (χ0v) is 14.1. The first kappa shape index (κ1) is 21.3. The SMILES string of the molecule is CCCCCCOCCOCCOCCOCCOC(C)=O. The Morgan fingerprint density at radius 2 is 1.09 bits per heavy atom. The molecule has 0 aromatic rings. The van der Waals surface area contributed by atoms with E-state index >= 15 is 0 Å². The summed E-state index contributed by atoms with van der Waals surface area (Å²) in [5.41, 5.74) is 0. The first-order valence-electron chi connectivity index (χ1n) is 8.21. The van der Waals surface area contributed by atoms with Crippen LogP contribution in [0.2, 0.25) is 0 Å². The molecule has 0 rings (SSSR count). The van der Waals surface area contributed by atoms with Gasteiger partial charge in [-0.3, -0.25) is 4.79 Å². The van der Waals surface area contributed by atoms with Gasteiger partial charge in [0.05, 0.1) is 46.2 Å². The van der Waals surface area contributed by atoms with Gasteiger partial charge in [0.1, 0.15) is 6.61 Å². The Kier molecular flexibility index (Phi) is 17.8. The van der Waals surface area contributed by atoms with Crippen LogP contribution in [-0.4, -0.2) is 65.4 Å². The first-order valence-corrected chi connectivity index (χ1v) is 8.21. The first-order chi connectivity index (χ1) is 10.8. The summed E-state index contributed by atoms with van der Waals surface area (Å²) in [4.78, 5) is 10.5. The van der Waals surface area contributed by atoms with E-state index in [2.05, 4.69) is 6.92 Å². The van der Waals surface area contributed by atoms with Gasteiger partial charge in [0.2, 0.25) is 0 Å². The second kappa shape index (κ2) is 18.4. The van der Waals surface area contributed by atoms with Crippen LogP contribution < -0.4 is 0 Å². The minimum atomic E-state index is -0.290. The molecule has 6 heteroatoms. The van der Waals surface area contributed by atoms with Gasteiger partial charge in [-0.1, -0.05) is 26.2 Å². The van der Waals surface area contributed by atoms with Crippen molar-refractivity contribution in [2.24, 2.45) is 0 Å². The molecule has 0 amide bonds. The van der Waals surface area contributed by atoms with Crippen molar-refractivity contribution in [3.05, 3.63) is 0 Å². The molecule has 0 saturated carbocycles. The average Bonchev–Trinajstić information content (AvgIpc) is 2.50. The summed E-state index contributed by atoms with van der Waals surface area (Å²) >= 11 is 0. The fourth-order valence-corrected chi connectivity index (χ4v) is 1.64. The Morgan fingerprint density at radius 1 is 0.636 bits per heavy atom. The predicted octanol–water partition coefficient (Wildman–Crippen LogP) is 2.20. The highest BCUT2D eigenvalue weighted by molar-refractivity contribution is 5.65. The number of ether oxygens (including phenoxy) is 5. The fraction of sp³-hybridized carbons (Fsp3) is 0.938. The van der Waals surface area contributed by atoms with Crippen LogP contribution in [0.5, 0.6) is 0 Å². The van der Waals surface area contributed by atoms with Crippen molar-refractivity contribution >= 4 is 5.97 Å². The van der Waals surface area contributed by atoms with Gasteiger partial charge in [0.25, 0.3) is 0 Å². The molecule has 22 heavy (non-hydrogen) atoms. The lowest BCUT2D eigenvalue weighted by atomic mass is 10.2. The van der Waals surface area contributed by atoms with E-state index in [0.717, 1.165) is 13.0 Å². The summed E-state index contributed by atoms with van der Waals surface area (Å²) in [7, 11) is 0. The molecule has 0 saturated heterocycles. The van der Waals surface area contributed by atoms with Gasteiger partial charge in [-0.25, -0.2) is 0 Å². The van der Waals surface area contributed by atoms with Gasteiger partial charge in [-0.05, 0) is 6.42 Å². The number of hydrogen-bond donors (Lipinski definition) is 0. The highest BCUT2D eigenvalue weighted by atomic mass is 16.6. The monoisotopic (exact) mass is 320 g/mol. The Hall–Kier alpha value is -0.690. The maximum absolute atomic E-state index is 10.5. The standard InChI is InChI=1S/C16H32O6/c1-3-4-5-6-7-18-8-9-19-10-11-20-12-13-21-14-15-22-16(2)17/h3-15H2,1-2H3. The van der Waals surface area contributed by atoms with E-state index in [0.29, 0.717) is 46.2 Å². The second-order valence-corrected chi connectivity index (χ2v) is 4.85. The van der Waals surface area contributed by atoms with Crippen molar-refractivity contribution in [3.8, 4) is 0 Å². The summed E-state index contributed by atoms with van der Waals surface area (Å²) in [6, 6.07) is 0. The maximum atomic E-state index is 10.5. The summed E-state index contributed by atoms with van der Waals surface area (Å²) < 4.78 is 26.1. The molecule has 132 valence electrons. The van der Waals surface area contributed by atoms with Gasteiger partial charge in [-0.2, -0.15) is 0 Å². The van der Waals surface area contributed by atoms with Crippen LogP contribution in [0.1, 0.15) is 39.5 Å². The number of hydrogen-bond acceptors (Lipinski definition) is 6. The number of carbonyl (C=O) groups excluding carboxylic acids is 1. The molecule has 0 aliphatic rings.